The van der Waals surface area contributed by atoms with Gasteiger partial charge in [-0.05, 0) is 5.92 Å². The first-order valence-corrected chi connectivity index (χ1v) is 8.90. The maximum absolute atomic E-state index is 12.9. The van der Waals surface area contributed by atoms with Crippen molar-refractivity contribution in [2.75, 3.05) is 32.5 Å². The van der Waals surface area contributed by atoms with Gasteiger partial charge in [-0.2, -0.15) is 4.31 Å². The van der Waals surface area contributed by atoms with Gasteiger partial charge in [-0.1, -0.05) is 13.8 Å². The molecule has 0 aromatic carbocycles. The molecule has 0 unspecified atom stereocenters. The number of methoxy groups -OCH3 is 1. The number of aromatic nitrogens is 2. The number of nitrogen functional groups attached to an aromatic ring is 1. The molecule has 0 atom stereocenters. The first-order chi connectivity index (χ1) is 9.87. The van der Waals surface area contributed by atoms with Crippen LogP contribution in [0.1, 0.15) is 13.8 Å². The maximum Gasteiger partial charge on any atom is 0.262 e. The molecule has 0 radical (unpaired) electrons. The number of rotatable bonds is 7. The minimum Gasteiger partial charge on any atom is -0.383 e. The molecule has 2 aromatic rings. The molecule has 21 heavy (non-hydrogen) atoms. The molecule has 118 valence electrons. The van der Waals surface area contributed by atoms with Crippen molar-refractivity contribution >= 4 is 32.1 Å². The average Bonchev–Trinajstić information content (AvgIpc) is 2.92. The quantitative estimate of drug-likeness (QED) is 0.824. The highest BCUT2D eigenvalue weighted by atomic mass is 32.2. The SMILES string of the molecule is COCCN(CC(C)C)S(=O)(=O)c1c(N)nc2sccn12. The number of nitrogens with two attached hydrogens (primary N) is 1. The van der Waals surface area contributed by atoms with Gasteiger partial charge in [-0.3, -0.25) is 4.40 Å². The van der Waals surface area contributed by atoms with Gasteiger partial charge < -0.3 is 10.5 Å². The van der Waals surface area contributed by atoms with Crippen molar-refractivity contribution in [3.63, 3.8) is 0 Å². The molecule has 0 saturated heterocycles. The number of imidazole rings is 1. The van der Waals surface area contributed by atoms with Crippen molar-refractivity contribution in [2.24, 2.45) is 5.92 Å². The monoisotopic (exact) mass is 332 g/mol. The topological polar surface area (TPSA) is 89.9 Å². The van der Waals surface area contributed by atoms with Crippen LogP contribution >= 0.6 is 11.3 Å². The number of fused-ring (bicyclic) bond motifs is 1. The van der Waals surface area contributed by atoms with Crippen LogP contribution in [0.5, 0.6) is 0 Å². The van der Waals surface area contributed by atoms with Crippen molar-refractivity contribution in [3.8, 4) is 0 Å². The van der Waals surface area contributed by atoms with E-state index in [1.807, 2.05) is 13.8 Å². The summed E-state index contributed by atoms with van der Waals surface area (Å²) in [5.74, 6) is 0.233. The van der Waals surface area contributed by atoms with E-state index in [1.54, 1.807) is 18.7 Å². The molecule has 2 rings (SSSR count). The summed E-state index contributed by atoms with van der Waals surface area (Å²) < 4.78 is 33.7. The molecule has 9 heteroatoms. The van der Waals surface area contributed by atoms with E-state index in [4.69, 9.17) is 10.5 Å². The Morgan fingerprint density at radius 2 is 2.24 bits per heavy atom. The van der Waals surface area contributed by atoms with E-state index in [1.165, 1.54) is 20.0 Å². The predicted molar refractivity (Wildman–Crippen MR) is 83.0 cm³/mol. The van der Waals surface area contributed by atoms with Crippen LogP contribution in [0, 0.1) is 5.92 Å². The summed E-state index contributed by atoms with van der Waals surface area (Å²) in [6, 6.07) is 0. The fourth-order valence-electron chi connectivity index (χ4n) is 2.07. The molecule has 0 spiro atoms. The highest BCUT2D eigenvalue weighted by Crippen LogP contribution is 2.26. The second-order valence-electron chi connectivity index (χ2n) is 5.11. The molecule has 7 nitrogen and oxygen atoms in total. The Morgan fingerprint density at radius 3 is 2.86 bits per heavy atom. The van der Waals surface area contributed by atoms with Crippen molar-refractivity contribution in [2.45, 2.75) is 18.9 Å². The summed E-state index contributed by atoms with van der Waals surface area (Å²) >= 11 is 1.35. The molecule has 0 bridgehead atoms. The first kappa shape index (κ1) is 16.2. The van der Waals surface area contributed by atoms with Crippen LogP contribution in [-0.4, -0.2) is 48.9 Å². The van der Waals surface area contributed by atoms with Gasteiger partial charge in [0.05, 0.1) is 6.61 Å². The Balaban J connectivity index is 2.46. The Kier molecular flexibility index (Phi) is 4.87. The molecule has 2 N–H and O–H groups in total. The second-order valence-corrected chi connectivity index (χ2v) is 7.83. The van der Waals surface area contributed by atoms with Crippen LogP contribution in [0.4, 0.5) is 5.82 Å². The lowest BCUT2D eigenvalue weighted by Crippen LogP contribution is -2.37. The zero-order chi connectivity index (χ0) is 15.6. The van der Waals surface area contributed by atoms with Gasteiger partial charge in [-0.25, -0.2) is 13.4 Å². The van der Waals surface area contributed by atoms with Gasteiger partial charge in [0.15, 0.2) is 15.8 Å². The van der Waals surface area contributed by atoms with E-state index in [-0.39, 0.29) is 23.3 Å². The van der Waals surface area contributed by atoms with Crippen LogP contribution in [0.3, 0.4) is 0 Å². The fourth-order valence-corrected chi connectivity index (χ4v) is 4.61. The van der Waals surface area contributed by atoms with Gasteiger partial charge in [0.25, 0.3) is 10.0 Å². The zero-order valence-corrected chi connectivity index (χ0v) is 13.9. The molecule has 0 aliphatic carbocycles. The number of ether oxygens (including phenoxy) is 1. The third-order valence-electron chi connectivity index (χ3n) is 2.94. The van der Waals surface area contributed by atoms with E-state index in [0.717, 1.165) is 0 Å². The van der Waals surface area contributed by atoms with Gasteiger partial charge >= 0.3 is 0 Å². The summed E-state index contributed by atoms with van der Waals surface area (Å²) in [4.78, 5) is 4.67. The molecule has 0 amide bonds. The summed E-state index contributed by atoms with van der Waals surface area (Å²) in [6.45, 7) is 4.96. The summed E-state index contributed by atoms with van der Waals surface area (Å²) in [5, 5.41) is 1.82. The molecule has 0 saturated carbocycles. The van der Waals surface area contributed by atoms with E-state index >= 15 is 0 Å². The molecule has 0 aliphatic heterocycles. The lowest BCUT2D eigenvalue weighted by Gasteiger charge is -2.23. The Bertz CT molecular complexity index is 705. The van der Waals surface area contributed by atoms with Gasteiger partial charge in [0.1, 0.15) is 0 Å². The third-order valence-corrected chi connectivity index (χ3v) is 5.60. The highest BCUT2D eigenvalue weighted by molar-refractivity contribution is 7.89. The Labute approximate surface area is 128 Å². The van der Waals surface area contributed by atoms with Crippen LogP contribution in [0.15, 0.2) is 16.6 Å². The van der Waals surface area contributed by atoms with Crippen LogP contribution < -0.4 is 5.73 Å². The molecule has 0 aliphatic rings. The average molecular weight is 332 g/mol. The van der Waals surface area contributed by atoms with E-state index in [2.05, 4.69) is 4.98 Å². The number of hydrogen-bond donors (Lipinski definition) is 1. The van der Waals surface area contributed by atoms with Gasteiger partial charge in [0.2, 0.25) is 0 Å². The predicted octanol–water partition coefficient (Wildman–Crippen LogP) is 1.27. The van der Waals surface area contributed by atoms with Crippen molar-refractivity contribution in [1.29, 1.82) is 0 Å². The third kappa shape index (κ3) is 3.20. The number of hydrogen-bond acceptors (Lipinski definition) is 6. The number of anilines is 1. The lowest BCUT2D eigenvalue weighted by atomic mass is 10.2. The minimum absolute atomic E-state index is 0.0352. The Hall–Kier alpha value is -1.16. The highest BCUT2D eigenvalue weighted by Gasteiger charge is 2.31. The molecule has 0 fully saturated rings. The van der Waals surface area contributed by atoms with Crippen LogP contribution in [0.2, 0.25) is 0 Å². The summed E-state index contributed by atoms with van der Waals surface area (Å²) in [6.07, 6.45) is 1.67. The summed E-state index contributed by atoms with van der Waals surface area (Å²) in [5.41, 5.74) is 5.82. The molecule has 2 heterocycles. The van der Waals surface area contributed by atoms with Crippen LogP contribution in [-0.2, 0) is 14.8 Å². The molecular weight excluding hydrogens is 312 g/mol. The summed E-state index contributed by atoms with van der Waals surface area (Å²) in [7, 11) is -2.17. The van der Waals surface area contributed by atoms with Crippen molar-refractivity contribution in [1.82, 2.24) is 13.7 Å². The van der Waals surface area contributed by atoms with Crippen molar-refractivity contribution < 1.29 is 13.2 Å². The number of thiazole rings is 1. The largest absolute Gasteiger partial charge is 0.383 e. The molecule has 2 aromatic heterocycles. The van der Waals surface area contributed by atoms with E-state index in [9.17, 15) is 8.42 Å². The number of nitrogens with zero attached hydrogens (tertiary/aromatic N) is 3. The smallest absolute Gasteiger partial charge is 0.262 e. The first-order valence-electron chi connectivity index (χ1n) is 6.58. The zero-order valence-electron chi connectivity index (χ0n) is 12.3. The Morgan fingerprint density at radius 1 is 1.52 bits per heavy atom. The van der Waals surface area contributed by atoms with Gasteiger partial charge in [-0.15, -0.1) is 11.3 Å². The standard InChI is InChI=1S/C12H20N4O3S2/c1-9(2)8-15(4-6-19-3)21(17,18)11-10(13)14-12-16(11)5-7-20-12/h5,7,9H,4,6,8,13H2,1-3H3. The van der Waals surface area contributed by atoms with Crippen LogP contribution in [0.25, 0.3) is 4.96 Å². The minimum atomic E-state index is -3.72. The van der Waals surface area contributed by atoms with Gasteiger partial charge in [0, 0.05) is 31.8 Å². The lowest BCUT2D eigenvalue weighted by molar-refractivity contribution is 0.175. The molecular formula is C12H20N4O3S2. The number of sulfonamides is 1. The maximum atomic E-state index is 12.9. The van der Waals surface area contributed by atoms with E-state index in [0.29, 0.717) is 18.1 Å². The normalized spacial score (nSPS) is 12.8. The second kappa shape index (κ2) is 6.30. The fraction of sp³-hybridized carbons (Fsp3) is 0.583. The van der Waals surface area contributed by atoms with E-state index < -0.39 is 10.0 Å². The van der Waals surface area contributed by atoms with Crippen molar-refractivity contribution in [3.05, 3.63) is 11.6 Å².